The molecule has 1 rings (SSSR count). The Morgan fingerprint density at radius 3 is 1.67 bits per heavy atom. The van der Waals surface area contributed by atoms with E-state index in [9.17, 15) is 0 Å². The first-order valence-corrected chi connectivity index (χ1v) is 4.21. The molecule has 0 aromatic carbocycles. The molecule has 1 heterocycles. The fourth-order valence-electron chi connectivity index (χ4n) is 1.05. The first-order chi connectivity index (χ1) is 4.39. The minimum Gasteiger partial charge on any atom is -0.306 e. The second-order valence-corrected chi connectivity index (χ2v) is 2.36. The molecule has 0 atom stereocenters. The lowest BCUT2D eigenvalue weighted by Crippen LogP contribution is -2.24. The van der Waals surface area contributed by atoms with Gasteiger partial charge in [0.1, 0.15) is 0 Å². The number of piperidine rings is 1. The standard InChI is InChI=1S/C6H13N.CH3Cl/c1-7-5-3-2-4-6-7;1-2/h2-6H2,1H3;1H3. The van der Waals surface area contributed by atoms with Gasteiger partial charge in [-0.2, -0.15) is 0 Å². The number of alkyl halides is 1. The van der Waals surface area contributed by atoms with Crippen molar-refractivity contribution >= 4 is 11.6 Å². The van der Waals surface area contributed by atoms with Gasteiger partial charge in [-0.05, 0) is 33.0 Å². The van der Waals surface area contributed by atoms with E-state index in [-0.39, 0.29) is 0 Å². The van der Waals surface area contributed by atoms with Crippen molar-refractivity contribution in [2.24, 2.45) is 0 Å². The van der Waals surface area contributed by atoms with E-state index in [1.54, 1.807) is 0 Å². The Balaban J connectivity index is 0.000000291. The third-order valence-corrected chi connectivity index (χ3v) is 1.58. The molecule has 1 nitrogen and oxygen atoms in total. The van der Waals surface area contributed by atoms with Gasteiger partial charge < -0.3 is 4.90 Å². The Morgan fingerprint density at radius 2 is 1.44 bits per heavy atom. The van der Waals surface area contributed by atoms with Crippen molar-refractivity contribution in [1.82, 2.24) is 4.90 Å². The molecule has 0 N–H and O–H groups in total. The molecule has 0 aromatic heterocycles. The molecule has 1 saturated heterocycles. The van der Waals surface area contributed by atoms with Gasteiger partial charge in [0.25, 0.3) is 0 Å². The molecule has 0 spiro atoms. The van der Waals surface area contributed by atoms with Crippen molar-refractivity contribution in [3.05, 3.63) is 0 Å². The summed E-state index contributed by atoms with van der Waals surface area (Å²) in [7, 11) is 2.19. The van der Waals surface area contributed by atoms with Gasteiger partial charge in [0.2, 0.25) is 0 Å². The van der Waals surface area contributed by atoms with Crippen LogP contribution in [0.2, 0.25) is 0 Å². The summed E-state index contributed by atoms with van der Waals surface area (Å²) >= 11 is 4.64. The van der Waals surface area contributed by atoms with Gasteiger partial charge in [-0.15, -0.1) is 11.6 Å². The van der Waals surface area contributed by atoms with Crippen molar-refractivity contribution < 1.29 is 0 Å². The van der Waals surface area contributed by atoms with Gasteiger partial charge in [0.05, 0.1) is 0 Å². The van der Waals surface area contributed by atoms with E-state index in [0.717, 1.165) is 0 Å². The predicted octanol–water partition coefficient (Wildman–Crippen LogP) is 1.96. The van der Waals surface area contributed by atoms with Crippen LogP contribution in [0.15, 0.2) is 0 Å². The van der Waals surface area contributed by atoms with Crippen LogP contribution in [0.1, 0.15) is 19.3 Å². The van der Waals surface area contributed by atoms with E-state index >= 15 is 0 Å². The molecule has 1 fully saturated rings. The zero-order valence-corrected chi connectivity index (χ0v) is 7.12. The molecule has 0 amide bonds. The lowest BCUT2D eigenvalue weighted by molar-refractivity contribution is 0.277. The second kappa shape index (κ2) is 6.37. The number of hydrogen-bond donors (Lipinski definition) is 0. The first-order valence-electron chi connectivity index (χ1n) is 3.46. The number of rotatable bonds is 0. The van der Waals surface area contributed by atoms with Crippen LogP contribution in [0.5, 0.6) is 0 Å². The van der Waals surface area contributed by atoms with Crippen LogP contribution in [0, 0.1) is 0 Å². The highest BCUT2D eigenvalue weighted by Crippen LogP contribution is 2.04. The molecular formula is C7H16ClN. The smallest absolute Gasteiger partial charge is 0.0108 e. The molecule has 0 unspecified atom stereocenters. The fraction of sp³-hybridized carbons (Fsp3) is 1.00. The Bertz CT molecular complexity index is 50.9. The number of halogens is 1. The lowest BCUT2D eigenvalue weighted by Gasteiger charge is -2.20. The summed E-state index contributed by atoms with van der Waals surface area (Å²) in [5.41, 5.74) is 0. The summed E-state index contributed by atoms with van der Waals surface area (Å²) < 4.78 is 0. The van der Waals surface area contributed by atoms with Crippen LogP contribution >= 0.6 is 11.6 Å². The quantitative estimate of drug-likeness (QED) is 0.476. The van der Waals surface area contributed by atoms with Gasteiger partial charge in [-0.1, -0.05) is 6.42 Å². The molecule has 0 aromatic rings. The second-order valence-electron chi connectivity index (χ2n) is 2.36. The van der Waals surface area contributed by atoms with Crippen LogP contribution in [-0.4, -0.2) is 31.4 Å². The predicted molar refractivity (Wildman–Crippen MR) is 43.1 cm³/mol. The molecule has 2 heteroatoms. The zero-order valence-electron chi connectivity index (χ0n) is 6.36. The van der Waals surface area contributed by atoms with Crippen LogP contribution < -0.4 is 0 Å². The summed E-state index contributed by atoms with van der Waals surface area (Å²) in [5, 5.41) is 0. The minimum absolute atomic E-state index is 1.32. The van der Waals surface area contributed by atoms with Gasteiger partial charge in [0.15, 0.2) is 0 Å². The van der Waals surface area contributed by atoms with Gasteiger partial charge in [-0.3, -0.25) is 0 Å². The average molecular weight is 150 g/mol. The largest absolute Gasteiger partial charge is 0.306 e. The molecule has 0 aliphatic carbocycles. The summed E-state index contributed by atoms with van der Waals surface area (Å²) in [5.74, 6) is 0. The molecule has 1 aliphatic heterocycles. The molecule has 0 radical (unpaired) electrons. The van der Waals surface area contributed by atoms with Crippen LogP contribution in [0.25, 0.3) is 0 Å². The maximum absolute atomic E-state index is 4.64. The summed E-state index contributed by atoms with van der Waals surface area (Å²) in [4.78, 5) is 2.39. The molecular weight excluding hydrogens is 134 g/mol. The number of nitrogens with zero attached hydrogens (tertiary/aromatic N) is 1. The normalized spacial score (nSPS) is 20.3. The van der Waals surface area contributed by atoms with E-state index in [0.29, 0.717) is 0 Å². The van der Waals surface area contributed by atoms with Gasteiger partial charge >= 0.3 is 0 Å². The SMILES string of the molecule is CCl.CN1CCCCC1. The third-order valence-electron chi connectivity index (χ3n) is 1.58. The van der Waals surface area contributed by atoms with Crippen molar-refractivity contribution in [2.45, 2.75) is 19.3 Å². The maximum atomic E-state index is 4.64. The number of likely N-dealkylation sites (tertiary alicyclic amines) is 1. The monoisotopic (exact) mass is 149 g/mol. The summed E-state index contributed by atoms with van der Waals surface area (Å²) in [6.45, 7) is 2.64. The third kappa shape index (κ3) is 4.73. The molecule has 1 aliphatic rings. The first kappa shape index (κ1) is 9.25. The van der Waals surface area contributed by atoms with Crippen molar-refractivity contribution in [2.75, 3.05) is 26.5 Å². The van der Waals surface area contributed by atoms with E-state index in [2.05, 4.69) is 23.5 Å². The maximum Gasteiger partial charge on any atom is 0.0108 e. The van der Waals surface area contributed by atoms with Crippen LogP contribution in [0.3, 0.4) is 0 Å². The molecule has 0 saturated carbocycles. The highest BCUT2D eigenvalue weighted by Gasteiger charge is 2.02. The van der Waals surface area contributed by atoms with Gasteiger partial charge in [0, 0.05) is 6.38 Å². The highest BCUT2D eigenvalue weighted by atomic mass is 35.5. The zero-order chi connectivity index (χ0) is 7.11. The molecule has 56 valence electrons. The lowest BCUT2D eigenvalue weighted by atomic mass is 10.1. The van der Waals surface area contributed by atoms with Crippen molar-refractivity contribution in [1.29, 1.82) is 0 Å². The van der Waals surface area contributed by atoms with E-state index in [1.165, 1.54) is 38.7 Å². The van der Waals surface area contributed by atoms with Crippen molar-refractivity contribution in [3.63, 3.8) is 0 Å². The van der Waals surface area contributed by atoms with E-state index < -0.39 is 0 Å². The van der Waals surface area contributed by atoms with E-state index in [4.69, 9.17) is 0 Å². The summed E-state index contributed by atoms with van der Waals surface area (Å²) in [6, 6.07) is 0. The Hall–Kier alpha value is 0.250. The topological polar surface area (TPSA) is 3.24 Å². The minimum atomic E-state index is 1.32. The average Bonchev–Trinajstić information content (AvgIpc) is 1.94. The molecule has 9 heavy (non-hydrogen) atoms. The van der Waals surface area contributed by atoms with Crippen LogP contribution in [0.4, 0.5) is 0 Å². The number of hydrogen-bond acceptors (Lipinski definition) is 1. The van der Waals surface area contributed by atoms with Crippen LogP contribution in [-0.2, 0) is 0 Å². The molecule has 0 bridgehead atoms. The van der Waals surface area contributed by atoms with Gasteiger partial charge in [-0.25, -0.2) is 0 Å². The van der Waals surface area contributed by atoms with E-state index in [1.807, 2.05) is 0 Å². The summed E-state index contributed by atoms with van der Waals surface area (Å²) in [6.07, 6.45) is 5.75. The van der Waals surface area contributed by atoms with Crippen molar-refractivity contribution in [3.8, 4) is 0 Å². The Morgan fingerprint density at radius 1 is 1.00 bits per heavy atom. The Kier molecular flexibility index (Phi) is 6.55. The fourth-order valence-corrected chi connectivity index (χ4v) is 1.05. The highest BCUT2D eigenvalue weighted by molar-refractivity contribution is 6.15. The Labute approximate surface area is 63.0 Å².